The van der Waals surface area contributed by atoms with E-state index in [1.807, 2.05) is 6.08 Å². The largest absolute Gasteiger partial charge is 0.478 e. The minimum absolute atomic E-state index is 0.00407. The van der Waals surface area contributed by atoms with Crippen molar-refractivity contribution in [2.45, 2.75) is 25.4 Å². The van der Waals surface area contributed by atoms with Crippen LogP contribution in [0.5, 0.6) is 0 Å². The molecule has 2 N–H and O–H groups in total. The number of carboxylic acid groups (broad SMARTS) is 1. The van der Waals surface area contributed by atoms with Gasteiger partial charge in [-0.3, -0.25) is 0 Å². The van der Waals surface area contributed by atoms with Gasteiger partial charge in [-0.25, -0.2) is 9.59 Å². The second-order valence-corrected chi connectivity index (χ2v) is 7.84. The molecule has 1 aliphatic heterocycles. The molecule has 0 aromatic heterocycles. The number of amides is 2. The van der Waals surface area contributed by atoms with E-state index >= 15 is 0 Å². The average Bonchev–Trinajstić information content (AvgIpc) is 3.27. The number of fused-ring (bicyclic) bond motifs is 1. The SMILES string of the molecule is O=C(O)c1ccccc1NC(=O)N1C[C@H]2CC(C3=C(C(F)(F)F)C=CCC3)=C[C@H]2C1. The van der Waals surface area contributed by atoms with Crippen LogP contribution in [0, 0.1) is 11.8 Å². The molecule has 30 heavy (non-hydrogen) atoms. The summed E-state index contributed by atoms with van der Waals surface area (Å²) >= 11 is 0. The maximum Gasteiger partial charge on any atom is 0.416 e. The zero-order chi connectivity index (χ0) is 21.5. The number of hydrogen-bond acceptors (Lipinski definition) is 2. The molecule has 1 aromatic carbocycles. The van der Waals surface area contributed by atoms with Crippen LogP contribution in [0.4, 0.5) is 23.7 Å². The first-order valence-electron chi connectivity index (χ1n) is 9.80. The van der Waals surface area contributed by atoms with Crippen molar-refractivity contribution in [3.63, 3.8) is 0 Å². The van der Waals surface area contributed by atoms with Crippen LogP contribution in [-0.4, -0.2) is 41.3 Å². The number of benzene rings is 1. The van der Waals surface area contributed by atoms with E-state index in [0.29, 0.717) is 37.9 Å². The Hall–Kier alpha value is -3.03. The van der Waals surface area contributed by atoms with Gasteiger partial charge in [-0.05, 0) is 54.4 Å². The Balaban J connectivity index is 1.47. The van der Waals surface area contributed by atoms with E-state index in [9.17, 15) is 27.9 Å². The highest BCUT2D eigenvalue weighted by Crippen LogP contribution is 2.44. The first-order valence-corrected chi connectivity index (χ1v) is 9.80. The highest BCUT2D eigenvalue weighted by atomic mass is 19.4. The van der Waals surface area contributed by atoms with Gasteiger partial charge in [0.25, 0.3) is 0 Å². The summed E-state index contributed by atoms with van der Waals surface area (Å²) in [5.74, 6) is -1.05. The number of likely N-dealkylation sites (tertiary alicyclic amines) is 1. The number of carboxylic acids is 1. The summed E-state index contributed by atoms with van der Waals surface area (Å²) in [7, 11) is 0. The van der Waals surface area contributed by atoms with Crippen molar-refractivity contribution in [3.8, 4) is 0 Å². The van der Waals surface area contributed by atoms with Crippen LogP contribution < -0.4 is 5.32 Å². The number of carbonyl (C=O) groups excluding carboxylic acids is 1. The van der Waals surface area contributed by atoms with E-state index in [1.54, 1.807) is 23.1 Å². The van der Waals surface area contributed by atoms with Gasteiger partial charge in [-0.15, -0.1) is 0 Å². The van der Waals surface area contributed by atoms with E-state index < -0.39 is 23.7 Å². The van der Waals surface area contributed by atoms with Crippen molar-refractivity contribution in [2.24, 2.45) is 11.8 Å². The molecular formula is C22H21F3N2O3. The molecule has 5 nitrogen and oxygen atoms in total. The zero-order valence-corrected chi connectivity index (χ0v) is 16.1. The number of alkyl halides is 3. The number of nitrogens with one attached hydrogen (secondary N) is 1. The minimum Gasteiger partial charge on any atom is -0.478 e. The molecule has 1 fully saturated rings. The van der Waals surface area contributed by atoms with Crippen LogP contribution in [0.15, 0.2) is 59.2 Å². The first-order chi connectivity index (χ1) is 14.2. The van der Waals surface area contributed by atoms with Crippen molar-refractivity contribution >= 4 is 17.7 Å². The van der Waals surface area contributed by atoms with E-state index in [4.69, 9.17) is 0 Å². The Morgan fingerprint density at radius 1 is 1.17 bits per heavy atom. The summed E-state index contributed by atoms with van der Waals surface area (Å²) in [5.41, 5.74) is 0.797. The Morgan fingerprint density at radius 2 is 1.93 bits per heavy atom. The fourth-order valence-electron chi connectivity index (χ4n) is 4.54. The fraction of sp³-hybridized carbons (Fsp3) is 0.364. The molecule has 3 aliphatic rings. The molecule has 1 saturated heterocycles. The molecule has 0 radical (unpaired) electrons. The number of anilines is 1. The van der Waals surface area contributed by atoms with Gasteiger partial charge in [0.05, 0.1) is 16.8 Å². The monoisotopic (exact) mass is 418 g/mol. The predicted octanol–water partition coefficient (Wildman–Crippen LogP) is 5.00. The predicted molar refractivity (Wildman–Crippen MR) is 105 cm³/mol. The summed E-state index contributed by atoms with van der Waals surface area (Å²) in [5, 5.41) is 11.9. The van der Waals surface area contributed by atoms with Crippen LogP contribution in [0.3, 0.4) is 0 Å². The Morgan fingerprint density at radius 3 is 2.63 bits per heavy atom. The van der Waals surface area contributed by atoms with Gasteiger partial charge in [-0.1, -0.05) is 30.4 Å². The lowest BCUT2D eigenvalue weighted by Crippen LogP contribution is -2.34. The molecule has 0 unspecified atom stereocenters. The molecule has 0 bridgehead atoms. The van der Waals surface area contributed by atoms with Crippen LogP contribution in [-0.2, 0) is 0 Å². The molecule has 2 aliphatic carbocycles. The lowest BCUT2D eigenvalue weighted by Gasteiger charge is -2.21. The smallest absolute Gasteiger partial charge is 0.416 e. The maximum absolute atomic E-state index is 13.4. The molecular weight excluding hydrogens is 397 g/mol. The van der Waals surface area contributed by atoms with E-state index in [2.05, 4.69) is 5.32 Å². The van der Waals surface area contributed by atoms with Gasteiger partial charge in [0.15, 0.2) is 0 Å². The molecule has 8 heteroatoms. The molecule has 0 spiro atoms. The number of halogens is 3. The molecule has 1 aromatic rings. The standard InChI is InChI=1S/C22H21F3N2O3/c23-22(24,25)18-7-3-1-5-16(18)13-9-14-11-27(12-15(14)10-13)21(30)26-19-8-4-2-6-17(19)20(28)29/h2-4,6-9,14-15H,1,5,10-12H2,(H,26,30)(H,28,29)/t14-,15+/m0/s1. The van der Waals surface area contributed by atoms with Gasteiger partial charge in [-0.2, -0.15) is 13.2 Å². The van der Waals surface area contributed by atoms with Gasteiger partial charge < -0.3 is 15.3 Å². The lowest BCUT2D eigenvalue weighted by atomic mass is 9.89. The number of rotatable bonds is 3. The van der Waals surface area contributed by atoms with Crippen LogP contribution >= 0.6 is 0 Å². The number of carbonyl (C=O) groups is 2. The normalized spacial score (nSPS) is 23.4. The van der Waals surface area contributed by atoms with Gasteiger partial charge >= 0.3 is 18.2 Å². The highest BCUT2D eigenvalue weighted by Gasteiger charge is 2.42. The van der Waals surface area contributed by atoms with Crippen LogP contribution in [0.25, 0.3) is 0 Å². The van der Waals surface area contributed by atoms with E-state index in [1.165, 1.54) is 18.2 Å². The molecule has 158 valence electrons. The summed E-state index contributed by atoms with van der Waals surface area (Å²) < 4.78 is 40.1. The summed E-state index contributed by atoms with van der Waals surface area (Å²) in [4.78, 5) is 25.5. The van der Waals surface area contributed by atoms with Gasteiger partial charge in [0, 0.05) is 13.1 Å². The van der Waals surface area contributed by atoms with Gasteiger partial charge in [0.2, 0.25) is 0 Å². The van der Waals surface area contributed by atoms with Crippen molar-refractivity contribution in [1.82, 2.24) is 4.90 Å². The topological polar surface area (TPSA) is 69.6 Å². The second kappa shape index (κ2) is 7.66. The van der Waals surface area contributed by atoms with E-state index in [0.717, 1.165) is 5.57 Å². The van der Waals surface area contributed by atoms with Crippen molar-refractivity contribution in [1.29, 1.82) is 0 Å². The molecule has 2 atom stereocenters. The third-order valence-corrected chi connectivity index (χ3v) is 5.94. The Kier molecular flexibility index (Phi) is 5.17. The van der Waals surface area contributed by atoms with Crippen LogP contribution in [0.1, 0.15) is 29.6 Å². The van der Waals surface area contributed by atoms with E-state index in [-0.39, 0.29) is 23.1 Å². The van der Waals surface area contributed by atoms with Crippen molar-refractivity contribution in [2.75, 3.05) is 18.4 Å². The fourth-order valence-corrected chi connectivity index (χ4v) is 4.54. The number of para-hydroxylation sites is 1. The highest BCUT2D eigenvalue weighted by molar-refractivity contribution is 6.00. The number of urea groups is 1. The maximum atomic E-state index is 13.4. The number of aromatic carboxylic acids is 1. The third kappa shape index (κ3) is 3.86. The quantitative estimate of drug-likeness (QED) is 0.726. The zero-order valence-electron chi connectivity index (χ0n) is 16.1. The summed E-state index contributed by atoms with van der Waals surface area (Å²) in [6.45, 7) is 0.829. The molecule has 0 saturated carbocycles. The number of hydrogen-bond donors (Lipinski definition) is 2. The number of nitrogens with zero attached hydrogens (tertiary/aromatic N) is 1. The third-order valence-electron chi connectivity index (χ3n) is 5.94. The van der Waals surface area contributed by atoms with Crippen LogP contribution in [0.2, 0.25) is 0 Å². The first kappa shape index (κ1) is 20.3. The second-order valence-electron chi connectivity index (χ2n) is 7.84. The van der Waals surface area contributed by atoms with Crippen molar-refractivity contribution in [3.05, 3.63) is 64.8 Å². The minimum atomic E-state index is -4.37. The Bertz CT molecular complexity index is 978. The average molecular weight is 418 g/mol. The Labute approximate surface area is 171 Å². The molecule has 1 heterocycles. The summed E-state index contributed by atoms with van der Waals surface area (Å²) in [6.07, 6.45) is 1.75. The lowest BCUT2D eigenvalue weighted by molar-refractivity contribution is -0.0892. The molecule has 4 rings (SSSR count). The van der Waals surface area contributed by atoms with Gasteiger partial charge in [0.1, 0.15) is 0 Å². The number of allylic oxidation sites excluding steroid dienone is 5. The molecule has 2 amide bonds. The summed E-state index contributed by atoms with van der Waals surface area (Å²) in [6, 6.07) is 5.76. The van der Waals surface area contributed by atoms with Crippen molar-refractivity contribution < 1.29 is 27.9 Å².